The molecule has 7 nitrogen and oxygen atoms in total. The minimum absolute atomic E-state index is 0.0144. The van der Waals surface area contributed by atoms with Crippen molar-refractivity contribution in [3.8, 4) is 11.4 Å². The van der Waals surface area contributed by atoms with Crippen LogP contribution in [0.3, 0.4) is 0 Å². The number of rotatable bonds is 6. The molecule has 1 atom stereocenters. The smallest absolute Gasteiger partial charge is 0.230 e. The van der Waals surface area contributed by atoms with E-state index in [1.807, 2.05) is 42.5 Å². The lowest BCUT2D eigenvalue weighted by Crippen LogP contribution is -2.32. The summed E-state index contributed by atoms with van der Waals surface area (Å²) in [5.41, 5.74) is 1.62. The van der Waals surface area contributed by atoms with Gasteiger partial charge in [0.2, 0.25) is 5.91 Å². The third-order valence-corrected chi connectivity index (χ3v) is 5.09. The van der Waals surface area contributed by atoms with Gasteiger partial charge in [0.25, 0.3) is 0 Å². The van der Waals surface area contributed by atoms with Crippen molar-refractivity contribution < 1.29 is 9.53 Å². The number of aromatic nitrogens is 4. The van der Waals surface area contributed by atoms with Gasteiger partial charge >= 0.3 is 0 Å². The van der Waals surface area contributed by atoms with Crippen LogP contribution < -0.4 is 5.32 Å². The first-order valence-corrected chi connectivity index (χ1v) is 9.57. The highest BCUT2D eigenvalue weighted by molar-refractivity contribution is 7.99. The molecule has 1 amide bonds. The first-order valence-electron chi connectivity index (χ1n) is 8.58. The van der Waals surface area contributed by atoms with Crippen molar-refractivity contribution in [2.24, 2.45) is 0 Å². The van der Waals surface area contributed by atoms with Gasteiger partial charge in [-0.1, -0.05) is 42.1 Å². The predicted molar refractivity (Wildman–Crippen MR) is 98.9 cm³/mol. The van der Waals surface area contributed by atoms with Gasteiger partial charge in [-0.25, -0.2) is 0 Å². The van der Waals surface area contributed by atoms with Crippen LogP contribution in [0.5, 0.6) is 0 Å². The van der Waals surface area contributed by atoms with E-state index >= 15 is 0 Å². The summed E-state index contributed by atoms with van der Waals surface area (Å²) < 4.78 is 7.22. The van der Waals surface area contributed by atoms with E-state index in [1.165, 1.54) is 11.8 Å². The number of hydrogen-bond acceptors (Lipinski definition) is 6. The molecule has 0 aliphatic carbocycles. The lowest BCUT2D eigenvalue weighted by atomic mass is 10.2. The molecule has 1 aromatic carbocycles. The number of nitrogens with one attached hydrogen (secondary N) is 1. The molecule has 0 bridgehead atoms. The fraction of sp³-hybridized carbons (Fsp3) is 0.333. The van der Waals surface area contributed by atoms with E-state index in [0.29, 0.717) is 23.8 Å². The van der Waals surface area contributed by atoms with E-state index in [9.17, 15) is 4.79 Å². The van der Waals surface area contributed by atoms with Crippen LogP contribution in [0.2, 0.25) is 0 Å². The summed E-state index contributed by atoms with van der Waals surface area (Å²) in [5, 5.41) is 16.6. The van der Waals surface area contributed by atoms with E-state index in [-0.39, 0.29) is 12.0 Å². The molecule has 0 unspecified atom stereocenters. The second kappa shape index (κ2) is 7.84. The number of benzene rings is 1. The number of thioether (sulfide) groups is 1. The van der Waals surface area contributed by atoms with E-state index in [1.54, 1.807) is 4.52 Å². The molecule has 1 fully saturated rings. The molecule has 1 N–H and O–H groups in total. The van der Waals surface area contributed by atoms with Gasteiger partial charge in [0.15, 0.2) is 11.5 Å². The van der Waals surface area contributed by atoms with Crippen LogP contribution in [0.4, 0.5) is 0 Å². The Morgan fingerprint density at radius 3 is 2.92 bits per heavy atom. The molecule has 3 aromatic rings. The molecule has 134 valence electrons. The van der Waals surface area contributed by atoms with Gasteiger partial charge in [-0.3, -0.25) is 4.79 Å². The average molecular weight is 369 g/mol. The highest BCUT2D eigenvalue weighted by Crippen LogP contribution is 2.20. The van der Waals surface area contributed by atoms with Crippen LogP contribution in [0.1, 0.15) is 12.8 Å². The summed E-state index contributed by atoms with van der Waals surface area (Å²) in [6.45, 7) is 1.37. The van der Waals surface area contributed by atoms with Crippen LogP contribution in [-0.4, -0.2) is 50.7 Å². The van der Waals surface area contributed by atoms with Crippen LogP contribution in [0.15, 0.2) is 47.5 Å². The third-order valence-electron chi connectivity index (χ3n) is 4.17. The number of carbonyl (C=O) groups excluding carboxylic acids is 1. The summed E-state index contributed by atoms with van der Waals surface area (Å²) in [6.07, 6.45) is 2.24. The van der Waals surface area contributed by atoms with E-state index in [4.69, 9.17) is 4.74 Å². The van der Waals surface area contributed by atoms with E-state index in [2.05, 4.69) is 20.6 Å². The Morgan fingerprint density at radius 1 is 1.23 bits per heavy atom. The van der Waals surface area contributed by atoms with Crippen LogP contribution in [0, 0.1) is 0 Å². The fourth-order valence-corrected chi connectivity index (χ4v) is 3.52. The molecule has 26 heavy (non-hydrogen) atoms. The lowest BCUT2D eigenvalue weighted by molar-refractivity contribution is -0.119. The maximum Gasteiger partial charge on any atom is 0.230 e. The Bertz CT molecular complexity index is 893. The van der Waals surface area contributed by atoms with Gasteiger partial charge < -0.3 is 10.1 Å². The predicted octanol–water partition coefficient (Wildman–Crippen LogP) is 2.18. The molecule has 1 saturated heterocycles. The largest absolute Gasteiger partial charge is 0.376 e. The number of hydrogen-bond donors (Lipinski definition) is 1. The van der Waals surface area contributed by atoms with Crippen LogP contribution in [-0.2, 0) is 9.53 Å². The quantitative estimate of drug-likeness (QED) is 0.671. The number of fused-ring (bicyclic) bond motifs is 1. The van der Waals surface area contributed by atoms with Crippen molar-refractivity contribution >= 4 is 23.3 Å². The molecular formula is C18H19N5O2S. The van der Waals surface area contributed by atoms with Gasteiger partial charge in [0.05, 0.1) is 11.9 Å². The molecular weight excluding hydrogens is 350 g/mol. The van der Waals surface area contributed by atoms with Crippen molar-refractivity contribution in [3.63, 3.8) is 0 Å². The maximum absolute atomic E-state index is 12.0. The summed E-state index contributed by atoms with van der Waals surface area (Å²) in [7, 11) is 0. The zero-order valence-electron chi connectivity index (χ0n) is 14.2. The monoisotopic (exact) mass is 369 g/mol. The van der Waals surface area contributed by atoms with Crippen molar-refractivity contribution in [1.82, 2.24) is 25.1 Å². The molecule has 0 saturated carbocycles. The molecule has 4 rings (SSSR count). The lowest BCUT2D eigenvalue weighted by Gasteiger charge is -2.10. The number of nitrogens with zero attached hydrogens (tertiary/aromatic N) is 4. The first-order chi connectivity index (χ1) is 12.8. The van der Waals surface area contributed by atoms with Gasteiger partial charge in [-0.05, 0) is 25.0 Å². The van der Waals surface area contributed by atoms with E-state index < -0.39 is 0 Å². The Hall–Kier alpha value is -2.45. The van der Waals surface area contributed by atoms with Crippen molar-refractivity contribution in [1.29, 1.82) is 0 Å². The van der Waals surface area contributed by atoms with Crippen molar-refractivity contribution in [2.75, 3.05) is 18.9 Å². The minimum Gasteiger partial charge on any atom is -0.376 e. The number of ether oxygens (including phenoxy) is 1. The Labute approximate surface area is 155 Å². The molecule has 3 heterocycles. The summed E-state index contributed by atoms with van der Waals surface area (Å²) >= 11 is 1.39. The van der Waals surface area contributed by atoms with Crippen molar-refractivity contribution in [3.05, 3.63) is 42.5 Å². The highest BCUT2D eigenvalue weighted by Gasteiger charge is 2.16. The molecule has 8 heteroatoms. The molecule has 2 aromatic heterocycles. The van der Waals surface area contributed by atoms with Gasteiger partial charge in [0, 0.05) is 18.7 Å². The Balaban J connectivity index is 1.41. The zero-order valence-corrected chi connectivity index (χ0v) is 15.0. The third kappa shape index (κ3) is 3.86. The topological polar surface area (TPSA) is 81.4 Å². The number of carbonyl (C=O) groups is 1. The second-order valence-corrected chi connectivity index (χ2v) is 7.05. The van der Waals surface area contributed by atoms with Gasteiger partial charge in [-0.2, -0.15) is 9.61 Å². The maximum atomic E-state index is 12.0. The average Bonchev–Trinajstić information content (AvgIpc) is 3.34. The first kappa shape index (κ1) is 17.0. The Morgan fingerprint density at radius 2 is 2.12 bits per heavy atom. The molecule has 0 spiro atoms. The fourth-order valence-electron chi connectivity index (χ4n) is 2.84. The van der Waals surface area contributed by atoms with Crippen LogP contribution in [0.25, 0.3) is 17.0 Å². The summed E-state index contributed by atoms with van der Waals surface area (Å²) in [5.74, 6) is 0.985. The normalized spacial score (nSPS) is 16.8. The molecule has 0 radical (unpaired) electrons. The molecule has 1 aliphatic heterocycles. The van der Waals surface area contributed by atoms with Crippen molar-refractivity contribution in [2.45, 2.75) is 24.0 Å². The zero-order chi connectivity index (χ0) is 17.8. The second-order valence-electron chi connectivity index (χ2n) is 6.06. The van der Waals surface area contributed by atoms with E-state index in [0.717, 1.165) is 30.0 Å². The highest BCUT2D eigenvalue weighted by atomic mass is 32.2. The van der Waals surface area contributed by atoms with Gasteiger partial charge in [0.1, 0.15) is 5.03 Å². The van der Waals surface area contributed by atoms with Gasteiger partial charge in [-0.15, -0.1) is 10.2 Å². The van der Waals surface area contributed by atoms with Crippen LogP contribution >= 0.6 is 11.8 Å². The molecule has 1 aliphatic rings. The summed E-state index contributed by atoms with van der Waals surface area (Å²) in [6, 6.07) is 13.5. The Kier molecular flexibility index (Phi) is 5.12. The number of amides is 1. The minimum atomic E-state index is -0.0144. The summed E-state index contributed by atoms with van der Waals surface area (Å²) in [4.78, 5) is 12.0. The SMILES string of the molecule is O=C(CSc1ccc2nnc(-c3ccccc3)n2n1)NC[C@@H]1CCCO1. The standard InChI is InChI=1S/C18H19N5O2S/c24-16(19-11-14-7-4-10-25-14)12-26-17-9-8-15-20-21-18(23(15)22-17)13-5-2-1-3-6-13/h1-3,5-6,8-9,14H,4,7,10-12H2,(H,19,24)/t14-/m0/s1.